The van der Waals surface area contributed by atoms with Crippen LogP contribution in [0.1, 0.15) is 73.9 Å². The van der Waals surface area contributed by atoms with Gasteiger partial charge >= 0.3 is 6.09 Å². The second kappa shape index (κ2) is 10.2. The Morgan fingerprint density at radius 1 is 1.22 bits per heavy atom. The maximum atomic E-state index is 13.8. The zero-order valence-corrected chi connectivity index (χ0v) is 21.4. The predicted molar refractivity (Wildman–Crippen MR) is 133 cm³/mol. The standard InChI is InChI=1S/C27H36FN5O3/c1-17-29-25-16-31(27(35)36-3)11-10-26(25)33(17)23-14-21-7-8-22(15-23)32(21)12-9-24(30-18(2)34)19-5-4-6-20(28)13-19/h4-6,13,21-24H,7-12,14-16H2,1-3H3,(H,30,34)/t21-,22+,23+,24-/m0/s1. The molecule has 0 radical (unpaired) electrons. The summed E-state index contributed by atoms with van der Waals surface area (Å²) in [6, 6.07) is 7.74. The van der Waals surface area contributed by atoms with Gasteiger partial charge < -0.3 is 19.5 Å². The summed E-state index contributed by atoms with van der Waals surface area (Å²) in [6.45, 7) is 5.62. The first-order chi connectivity index (χ1) is 17.3. The first-order valence-corrected chi connectivity index (χ1v) is 13.0. The maximum Gasteiger partial charge on any atom is 0.409 e. The molecule has 4 heterocycles. The third kappa shape index (κ3) is 4.85. The first kappa shape index (κ1) is 24.7. The van der Waals surface area contributed by atoms with Gasteiger partial charge in [0.05, 0.1) is 25.4 Å². The Hall–Kier alpha value is -2.94. The van der Waals surface area contributed by atoms with Crippen molar-refractivity contribution in [3.05, 3.63) is 52.9 Å². The Morgan fingerprint density at radius 2 is 1.97 bits per heavy atom. The average molecular weight is 498 g/mol. The molecule has 0 saturated carbocycles. The summed E-state index contributed by atoms with van der Waals surface area (Å²) in [5.74, 6) is 0.649. The number of fused-ring (bicyclic) bond motifs is 3. The Morgan fingerprint density at radius 3 is 2.64 bits per heavy atom. The molecule has 3 aliphatic rings. The van der Waals surface area contributed by atoms with Crippen LogP contribution in [0.3, 0.4) is 0 Å². The highest BCUT2D eigenvalue weighted by atomic mass is 19.1. The Labute approximate surface area is 211 Å². The normalized spacial score (nSPS) is 24.3. The topological polar surface area (TPSA) is 79.7 Å². The Bertz CT molecular complexity index is 1120. The molecule has 1 aromatic carbocycles. The second-order valence-electron chi connectivity index (χ2n) is 10.4. The summed E-state index contributed by atoms with van der Waals surface area (Å²) in [5.41, 5.74) is 3.07. The van der Waals surface area contributed by atoms with Crippen molar-refractivity contribution in [3.8, 4) is 0 Å². The number of aromatic nitrogens is 2. The molecule has 0 spiro atoms. The van der Waals surface area contributed by atoms with E-state index in [1.807, 2.05) is 6.07 Å². The fraction of sp³-hybridized carbons (Fsp3) is 0.593. The summed E-state index contributed by atoms with van der Waals surface area (Å²) in [4.78, 5) is 33.0. The van der Waals surface area contributed by atoms with Crippen LogP contribution in [0, 0.1) is 12.7 Å². The minimum Gasteiger partial charge on any atom is -0.453 e. The van der Waals surface area contributed by atoms with Crippen LogP contribution in [0.25, 0.3) is 0 Å². The summed E-state index contributed by atoms with van der Waals surface area (Å²) in [7, 11) is 1.42. The molecule has 4 atom stereocenters. The zero-order chi connectivity index (χ0) is 25.4. The SMILES string of the molecule is COC(=O)N1CCc2c(nc(C)n2[C@H]2C[C@H]3CC[C@@H](C2)N3CC[C@H](NC(C)=O)c2cccc(F)c2)C1. The lowest BCUT2D eigenvalue weighted by molar-refractivity contribution is -0.119. The molecule has 2 fully saturated rings. The van der Waals surface area contributed by atoms with E-state index in [0.29, 0.717) is 31.2 Å². The van der Waals surface area contributed by atoms with Crippen molar-refractivity contribution in [2.45, 2.75) is 83.1 Å². The number of methoxy groups -OCH3 is 1. The minimum atomic E-state index is -0.296. The lowest BCUT2D eigenvalue weighted by atomic mass is 9.94. The van der Waals surface area contributed by atoms with Gasteiger partial charge in [-0.1, -0.05) is 12.1 Å². The lowest BCUT2D eigenvalue weighted by Gasteiger charge is -2.41. The van der Waals surface area contributed by atoms with E-state index in [1.165, 1.54) is 44.7 Å². The molecule has 3 aliphatic heterocycles. The Kier molecular flexibility index (Phi) is 7.01. The number of nitrogens with zero attached hydrogens (tertiary/aromatic N) is 4. The molecule has 5 rings (SSSR count). The van der Waals surface area contributed by atoms with Crippen LogP contribution < -0.4 is 5.32 Å². The van der Waals surface area contributed by atoms with E-state index < -0.39 is 0 Å². The highest BCUT2D eigenvalue weighted by Crippen LogP contribution is 2.43. The molecular weight excluding hydrogens is 461 g/mol. The molecule has 0 aliphatic carbocycles. The van der Waals surface area contributed by atoms with Crippen molar-refractivity contribution in [2.75, 3.05) is 20.2 Å². The van der Waals surface area contributed by atoms with Gasteiger partial charge in [0.15, 0.2) is 0 Å². The average Bonchev–Trinajstić information content (AvgIpc) is 3.30. The number of nitrogens with one attached hydrogen (secondary N) is 1. The number of aryl methyl sites for hydroxylation is 1. The number of halogens is 1. The van der Waals surface area contributed by atoms with Gasteiger partial charge in [0.2, 0.25) is 5.91 Å². The van der Waals surface area contributed by atoms with Gasteiger partial charge in [0.1, 0.15) is 11.6 Å². The number of hydrogen-bond acceptors (Lipinski definition) is 5. The highest BCUT2D eigenvalue weighted by molar-refractivity contribution is 5.73. The number of carbonyl (C=O) groups excluding carboxylic acids is 2. The molecule has 1 N–H and O–H groups in total. The summed E-state index contributed by atoms with van der Waals surface area (Å²) < 4.78 is 21.2. The smallest absolute Gasteiger partial charge is 0.409 e. The van der Waals surface area contributed by atoms with Crippen molar-refractivity contribution in [1.29, 1.82) is 0 Å². The van der Waals surface area contributed by atoms with E-state index in [4.69, 9.17) is 9.72 Å². The molecule has 2 bridgehead atoms. The van der Waals surface area contributed by atoms with E-state index in [1.54, 1.807) is 11.0 Å². The van der Waals surface area contributed by atoms with Crippen LogP contribution in [0.5, 0.6) is 0 Å². The van der Waals surface area contributed by atoms with Crippen LogP contribution in [-0.2, 0) is 22.5 Å². The fourth-order valence-corrected chi connectivity index (χ4v) is 6.70. The van der Waals surface area contributed by atoms with E-state index in [2.05, 4.69) is 21.7 Å². The summed E-state index contributed by atoms with van der Waals surface area (Å²) in [5, 5.41) is 3.02. The van der Waals surface area contributed by atoms with Gasteiger partial charge in [-0.2, -0.15) is 0 Å². The number of carbonyl (C=O) groups is 2. The number of hydrogen-bond donors (Lipinski definition) is 1. The third-order valence-electron chi connectivity index (χ3n) is 8.19. The van der Waals surface area contributed by atoms with Crippen molar-refractivity contribution >= 4 is 12.0 Å². The number of ether oxygens (including phenoxy) is 1. The van der Waals surface area contributed by atoms with Gasteiger partial charge in [-0.25, -0.2) is 14.2 Å². The molecule has 36 heavy (non-hydrogen) atoms. The highest BCUT2D eigenvalue weighted by Gasteiger charge is 2.42. The van der Waals surface area contributed by atoms with Crippen LogP contribution >= 0.6 is 0 Å². The number of rotatable bonds is 6. The van der Waals surface area contributed by atoms with Gasteiger partial charge in [0, 0.05) is 50.3 Å². The van der Waals surface area contributed by atoms with Crippen LogP contribution in [0.4, 0.5) is 9.18 Å². The van der Waals surface area contributed by atoms with E-state index in [-0.39, 0.29) is 23.9 Å². The molecule has 2 amide bonds. The number of imidazole rings is 1. The lowest BCUT2D eigenvalue weighted by Crippen LogP contribution is -2.45. The van der Waals surface area contributed by atoms with Gasteiger partial charge in [0.25, 0.3) is 0 Å². The van der Waals surface area contributed by atoms with Crippen molar-refractivity contribution in [1.82, 2.24) is 24.7 Å². The van der Waals surface area contributed by atoms with Gasteiger partial charge in [-0.3, -0.25) is 9.69 Å². The predicted octanol–water partition coefficient (Wildman–Crippen LogP) is 3.89. The Balaban J connectivity index is 1.27. The fourth-order valence-electron chi connectivity index (χ4n) is 6.70. The van der Waals surface area contributed by atoms with Crippen molar-refractivity contribution in [3.63, 3.8) is 0 Å². The molecular formula is C27H36FN5O3. The van der Waals surface area contributed by atoms with Crippen LogP contribution in [0.2, 0.25) is 0 Å². The van der Waals surface area contributed by atoms with E-state index >= 15 is 0 Å². The van der Waals surface area contributed by atoms with E-state index in [0.717, 1.165) is 49.3 Å². The minimum absolute atomic E-state index is 0.0999. The molecule has 9 heteroatoms. The quantitative estimate of drug-likeness (QED) is 0.655. The number of piperidine rings is 1. The molecule has 8 nitrogen and oxygen atoms in total. The molecule has 2 saturated heterocycles. The molecule has 0 unspecified atom stereocenters. The van der Waals surface area contributed by atoms with Crippen LogP contribution in [-0.4, -0.2) is 63.6 Å². The summed E-state index contributed by atoms with van der Waals surface area (Å²) in [6.07, 6.45) is 5.76. The van der Waals surface area contributed by atoms with Gasteiger partial charge in [-0.05, 0) is 56.7 Å². The first-order valence-electron chi connectivity index (χ1n) is 13.0. The number of amides is 2. The molecule has 194 valence electrons. The molecule has 1 aromatic heterocycles. The van der Waals surface area contributed by atoms with Crippen LogP contribution in [0.15, 0.2) is 24.3 Å². The second-order valence-corrected chi connectivity index (χ2v) is 10.4. The maximum absolute atomic E-state index is 13.8. The van der Waals surface area contributed by atoms with Crippen molar-refractivity contribution in [2.24, 2.45) is 0 Å². The van der Waals surface area contributed by atoms with E-state index in [9.17, 15) is 14.0 Å². The molecule has 2 aromatic rings. The van der Waals surface area contributed by atoms with Crippen molar-refractivity contribution < 1.29 is 18.7 Å². The third-order valence-corrected chi connectivity index (χ3v) is 8.19. The zero-order valence-electron chi connectivity index (χ0n) is 21.4. The van der Waals surface area contributed by atoms with Gasteiger partial charge in [-0.15, -0.1) is 0 Å². The monoisotopic (exact) mass is 497 g/mol. The number of benzene rings is 1. The summed E-state index contributed by atoms with van der Waals surface area (Å²) >= 11 is 0. The largest absolute Gasteiger partial charge is 0.453 e.